The van der Waals surface area contributed by atoms with Gasteiger partial charge in [0.05, 0.1) is 17.1 Å². The second-order valence-corrected chi connectivity index (χ2v) is 13.4. The molecule has 3 heterocycles. The van der Waals surface area contributed by atoms with Gasteiger partial charge in [-0.3, -0.25) is 4.99 Å². The number of nitrogens with zero attached hydrogens (tertiary/aromatic N) is 1. The Morgan fingerprint density at radius 2 is 1.29 bits per heavy atom. The van der Waals surface area contributed by atoms with E-state index in [2.05, 4.69) is 110 Å². The van der Waals surface area contributed by atoms with Crippen LogP contribution >= 0.6 is 0 Å². The first-order valence-electron chi connectivity index (χ1n) is 17.8. The van der Waals surface area contributed by atoms with Crippen LogP contribution in [0.1, 0.15) is 55.3 Å². The summed E-state index contributed by atoms with van der Waals surface area (Å²) in [5.41, 5.74) is 17.8. The van der Waals surface area contributed by atoms with Crippen molar-refractivity contribution in [2.45, 2.75) is 33.5 Å². The summed E-state index contributed by atoms with van der Waals surface area (Å²) in [6.45, 7) is 6.68. The summed E-state index contributed by atoms with van der Waals surface area (Å²) in [7, 11) is 0. The number of aromatic amines is 2. The van der Waals surface area contributed by atoms with Crippen molar-refractivity contribution in [1.29, 1.82) is 0 Å². The highest BCUT2D eigenvalue weighted by atomic mass is 16.5. The van der Waals surface area contributed by atoms with E-state index < -0.39 is 6.29 Å². The molecule has 0 unspecified atom stereocenters. The molecule has 1 aliphatic carbocycles. The Morgan fingerprint density at radius 3 is 1.94 bits per heavy atom. The Balaban J connectivity index is 1.44. The molecule has 260 valence electrons. The van der Waals surface area contributed by atoms with Crippen molar-refractivity contribution >= 4 is 28.0 Å². The Labute approximate surface area is 304 Å². The van der Waals surface area contributed by atoms with Crippen LogP contribution in [0.15, 0.2) is 168 Å². The summed E-state index contributed by atoms with van der Waals surface area (Å²) in [6, 6.07) is 38.7. The lowest BCUT2D eigenvalue weighted by Gasteiger charge is -2.17. The number of aliphatic hydroxyl groups excluding tert-OH is 1. The zero-order chi connectivity index (χ0) is 36.2. The molecule has 0 fully saturated rings. The molecule has 0 radical (unpaired) electrons. The monoisotopic (exact) mass is 684 g/mol. The number of nitrogens with two attached hydrogens (primary N) is 1. The number of aromatic nitrogens is 2. The van der Waals surface area contributed by atoms with Gasteiger partial charge in [0.2, 0.25) is 0 Å². The topological polar surface area (TPSA) is 110 Å². The quantitative estimate of drug-likeness (QED) is 0.110. The number of rotatable bonds is 8. The zero-order valence-electron chi connectivity index (χ0n) is 29.7. The summed E-state index contributed by atoms with van der Waals surface area (Å²) in [5, 5.41) is 22.4. The van der Waals surface area contributed by atoms with Gasteiger partial charge in [0.15, 0.2) is 6.29 Å². The normalized spacial score (nSPS) is 19.9. The van der Waals surface area contributed by atoms with E-state index >= 15 is 0 Å². The minimum atomic E-state index is -1.81. The number of hydrogen-bond donors (Lipinski definition) is 5. The molecular weight excluding hydrogens is 641 g/mol. The molecule has 2 aliphatic rings. The van der Waals surface area contributed by atoms with Gasteiger partial charge in [-0.15, -0.1) is 0 Å². The minimum Gasteiger partial charge on any atom is -0.397 e. The van der Waals surface area contributed by atoms with E-state index in [1.54, 1.807) is 0 Å². The molecule has 0 saturated carbocycles. The molecular formula is C46H44N4O2. The summed E-state index contributed by atoms with van der Waals surface area (Å²) in [6.07, 6.45) is 9.87. The molecule has 0 bridgehead atoms. The summed E-state index contributed by atoms with van der Waals surface area (Å²) >= 11 is 0. The van der Waals surface area contributed by atoms with Crippen LogP contribution in [-0.4, -0.2) is 32.2 Å². The van der Waals surface area contributed by atoms with E-state index in [0.717, 1.165) is 62.1 Å². The number of allylic oxidation sites excluding steroid dienone is 7. The van der Waals surface area contributed by atoms with Crippen molar-refractivity contribution in [3.8, 4) is 0 Å². The number of nitrogens with one attached hydrogen (secondary N) is 2. The largest absolute Gasteiger partial charge is 0.397 e. The van der Waals surface area contributed by atoms with Crippen molar-refractivity contribution in [3.63, 3.8) is 0 Å². The molecule has 6 heteroatoms. The zero-order valence-corrected chi connectivity index (χ0v) is 29.7. The van der Waals surface area contributed by atoms with Gasteiger partial charge < -0.3 is 25.9 Å². The van der Waals surface area contributed by atoms with Gasteiger partial charge >= 0.3 is 0 Å². The molecule has 6 N–H and O–H groups in total. The van der Waals surface area contributed by atoms with E-state index in [1.807, 2.05) is 66.7 Å². The van der Waals surface area contributed by atoms with E-state index in [-0.39, 0.29) is 17.5 Å². The van der Waals surface area contributed by atoms with Crippen LogP contribution < -0.4 is 16.4 Å². The van der Waals surface area contributed by atoms with E-state index in [9.17, 15) is 10.2 Å². The summed E-state index contributed by atoms with van der Waals surface area (Å²) in [5.74, 6) is 0.189. The third-order valence-electron chi connectivity index (χ3n) is 10.1. The Morgan fingerprint density at radius 1 is 0.692 bits per heavy atom. The summed E-state index contributed by atoms with van der Waals surface area (Å²) in [4.78, 5) is 12.9. The fourth-order valence-corrected chi connectivity index (χ4v) is 7.14. The fraction of sp³-hybridized carbons (Fsp3) is 0.152. The maximum atomic E-state index is 10.1. The molecule has 52 heavy (non-hydrogen) atoms. The van der Waals surface area contributed by atoms with Gasteiger partial charge in [-0.05, 0) is 65.4 Å². The molecule has 6 nitrogen and oxygen atoms in total. The molecule has 3 aromatic carbocycles. The second kappa shape index (κ2) is 15.1. The third kappa shape index (κ3) is 6.87. The van der Waals surface area contributed by atoms with Gasteiger partial charge in [-0.25, -0.2) is 0 Å². The van der Waals surface area contributed by atoms with Gasteiger partial charge in [0, 0.05) is 50.6 Å². The van der Waals surface area contributed by atoms with E-state index in [4.69, 9.17) is 10.7 Å². The van der Waals surface area contributed by atoms with E-state index in [1.165, 1.54) is 11.1 Å². The predicted molar refractivity (Wildman–Crippen MR) is 213 cm³/mol. The average Bonchev–Trinajstić information content (AvgIpc) is 3.85. The SMILES string of the molecule is C/C(C1=CCC=CC=C1)=c1/cc/c(=C(C2=N/C(=C(/c3ccccc3)c3ccc(/C(=C(\N)C(O)O)c4ccccc4)[nH]3)[C@@H](C)[C@H]2C)\c2ccccc2)[nH]1. The summed E-state index contributed by atoms with van der Waals surface area (Å²) < 4.78 is 0. The number of benzene rings is 3. The first-order valence-corrected chi connectivity index (χ1v) is 17.8. The number of aliphatic hydroxyl groups is 2. The molecule has 7 rings (SSSR count). The molecule has 2 atom stereocenters. The highest BCUT2D eigenvalue weighted by molar-refractivity contribution is 6.26. The highest BCUT2D eigenvalue weighted by Crippen LogP contribution is 2.41. The lowest BCUT2D eigenvalue weighted by Crippen LogP contribution is -2.23. The Bertz CT molecular complexity index is 2380. The van der Waals surface area contributed by atoms with Crippen LogP contribution in [0.3, 0.4) is 0 Å². The lowest BCUT2D eigenvalue weighted by atomic mass is 9.85. The van der Waals surface area contributed by atoms with Gasteiger partial charge in [0.25, 0.3) is 0 Å². The average molecular weight is 685 g/mol. The number of aliphatic imine (C=N–C) groups is 1. The van der Waals surface area contributed by atoms with Crippen molar-refractivity contribution in [1.82, 2.24) is 9.97 Å². The van der Waals surface area contributed by atoms with Crippen LogP contribution in [0, 0.1) is 11.8 Å². The highest BCUT2D eigenvalue weighted by Gasteiger charge is 2.34. The standard InChI is InChI=1S/C46H44N4O2/c1-29-30(2)45(42(35-23-15-8-16-24-35)39-28-27-37(49-39)40(43(47)46(51)52)33-19-11-6-12-20-33)50-44(29)41(34-21-13-7-14-22-34)38-26-25-36(48-38)31(3)32-17-9-4-5-10-18-32/h4-9,11-30,46,48-49,51-52H,10,47H2,1-3H3/b36-31+,41-38-,43-40-,45-42-/t29-,30+/m1/s1. The van der Waals surface area contributed by atoms with Crippen molar-refractivity contribution < 1.29 is 10.2 Å². The first kappa shape index (κ1) is 34.5. The van der Waals surface area contributed by atoms with Crippen LogP contribution in [0.25, 0.3) is 22.3 Å². The van der Waals surface area contributed by atoms with Crippen LogP contribution in [0.2, 0.25) is 0 Å². The minimum absolute atomic E-state index is 0.0281. The predicted octanol–water partition coefficient (Wildman–Crippen LogP) is 7.37. The first-order chi connectivity index (χ1) is 25.3. The molecule has 0 amide bonds. The molecule has 0 spiro atoms. The van der Waals surface area contributed by atoms with Crippen LogP contribution in [0.4, 0.5) is 0 Å². The Hall–Kier alpha value is -5.95. The fourth-order valence-electron chi connectivity index (χ4n) is 7.14. The van der Waals surface area contributed by atoms with Crippen LogP contribution in [0.5, 0.6) is 0 Å². The second-order valence-electron chi connectivity index (χ2n) is 13.4. The van der Waals surface area contributed by atoms with Gasteiger partial charge in [-0.1, -0.05) is 135 Å². The van der Waals surface area contributed by atoms with Gasteiger partial charge in [-0.2, -0.15) is 0 Å². The molecule has 0 saturated heterocycles. The third-order valence-corrected chi connectivity index (χ3v) is 10.1. The van der Waals surface area contributed by atoms with Crippen molar-refractivity contribution in [3.05, 3.63) is 201 Å². The maximum Gasteiger partial charge on any atom is 0.194 e. The maximum absolute atomic E-state index is 10.1. The lowest BCUT2D eigenvalue weighted by molar-refractivity contribution is -0.00829. The number of H-pyrrole nitrogens is 2. The molecule has 2 aromatic heterocycles. The van der Waals surface area contributed by atoms with Crippen molar-refractivity contribution in [2.75, 3.05) is 0 Å². The van der Waals surface area contributed by atoms with E-state index in [0.29, 0.717) is 11.3 Å². The van der Waals surface area contributed by atoms with Gasteiger partial charge in [0.1, 0.15) is 0 Å². The molecule has 1 aliphatic heterocycles. The smallest absolute Gasteiger partial charge is 0.194 e. The number of hydrogen-bond acceptors (Lipinski definition) is 4. The Kier molecular flexibility index (Phi) is 10.0. The van der Waals surface area contributed by atoms with Crippen LogP contribution in [-0.2, 0) is 0 Å². The molecule has 5 aromatic rings. The van der Waals surface area contributed by atoms with Crippen molar-refractivity contribution in [2.24, 2.45) is 22.6 Å².